The summed E-state index contributed by atoms with van der Waals surface area (Å²) in [6, 6.07) is 11.8. The molecule has 2 N–H and O–H groups in total. The first-order valence-electron chi connectivity index (χ1n) is 6.65. The first kappa shape index (κ1) is 14.3. The van der Waals surface area contributed by atoms with Gasteiger partial charge in [-0.2, -0.15) is 0 Å². The Labute approximate surface area is 119 Å². The van der Waals surface area contributed by atoms with Crippen LogP contribution in [0, 0.1) is 6.92 Å². The summed E-state index contributed by atoms with van der Waals surface area (Å²) >= 11 is 0. The Morgan fingerprint density at radius 1 is 1.10 bits per heavy atom. The van der Waals surface area contributed by atoms with Crippen LogP contribution in [-0.4, -0.2) is 18.7 Å². The molecule has 20 heavy (non-hydrogen) atoms. The van der Waals surface area contributed by atoms with Gasteiger partial charge in [0.25, 0.3) is 0 Å². The Balaban J connectivity index is 1.92. The number of ether oxygens (including phenoxy) is 2. The number of hydrogen-bond donors (Lipinski definition) is 1. The number of nitrogens with two attached hydrogens (primary N) is 1. The van der Waals surface area contributed by atoms with Crippen molar-refractivity contribution in [2.45, 2.75) is 19.9 Å². The normalized spacial score (nSPS) is 10.3. The molecule has 0 aliphatic heterocycles. The first-order valence-corrected chi connectivity index (χ1v) is 6.65. The summed E-state index contributed by atoms with van der Waals surface area (Å²) in [6.07, 6.45) is 0.835. The van der Waals surface area contributed by atoms with Crippen molar-refractivity contribution in [1.29, 1.82) is 0 Å². The highest BCUT2D eigenvalue weighted by Gasteiger charge is 2.04. The van der Waals surface area contributed by atoms with Crippen molar-refractivity contribution < 1.29 is 9.47 Å². The molecule has 1 aromatic carbocycles. The van der Waals surface area contributed by atoms with Gasteiger partial charge in [0.2, 0.25) is 0 Å². The number of methoxy groups -OCH3 is 1. The molecule has 1 aromatic heterocycles. The van der Waals surface area contributed by atoms with Crippen LogP contribution in [0.1, 0.15) is 17.0 Å². The number of aryl methyl sites for hydroxylation is 1. The van der Waals surface area contributed by atoms with E-state index < -0.39 is 0 Å². The van der Waals surface area contributed by atoms with Crippen LogP contribution in [0.5, 0.6) is 11.5 Å². The molecule has 2 rings (SSSR count). The highest BCUT2D eigenvalue weighted by molar-refractivity contribution is 5.30. The van der Waals surface area contributed by atoms with Gasteiger partial charge >= 0.3 is 0 Å². The standard InChI is InChI=1S/C16H20N2O2/c1-12-3-8-16(15(11-17)18-12)20-10-9-13-4-6-14(19-2)7-5-13/h3-8H,9-11,17H2,1-2H3. The zero-order chi connectivity index (χ0) is 14.4. The lowest BCUT2D eigenvalue weighted by atomic mass is 10.1. The molecule has 1 heterocycles. The molecular formula is C16H20N2O2. The molecule has 0 amide bonds. The molecule has 0 aliphatic carbocycles. The lowest BCUT2D eigenvalue weighted by Crippen LogP contribution is -2.08. The molecule has 4 nitrogen and oxygen atoms in total. The Bertz CT molecular complexity index is 553. The third-order valence-corrected chi connectivity index (χ3v) is 3.07. The van der Waals surface area contributed by atoms with E-state index in [9.17, 15) is 0 Å². The average molecular weight is 272 g/mol. The number of nitrogens with zero attached hydrogens (tertiary/aromatic N) is 1. The zero-order valence-corrected chi connectivity index (χ0v) is 11.9. The lowest BCUT2D eigenvalue weighted by Gasteiger charge is -2.10. The second-order valence-electron chi connectivity index (χ2n) is 4.55. The van der Waals surface area contributed by atoms with Gasteiger partial charge in [0.1, 0.15) is 11.5 Å². The maximum absolute atomic E-state index is 5.77. The molecule has 4 heteroatoms. The van der Waals surface area contributed by atoms with Gasteiger partial charge in [0, 0.05) is 18.7 Å². The van der Waals surface area contributed by atoms with Gasteiger partial charge in [0.15, 0.2) is 0 Å². The minimum Gasteiger partial charge on any atom is -0.497 e. The quantitative estimate of drug-likeness (QED) is 0.877. The summed E-state index contributed by atoms with van der Waals surface area (Å²) in [7, 11) is 1.66. The largest absolute Gasteiger partial charge is 0.497 e. The van der Waals surface area contributed by atoms with E-state index in [4.69, 9.17) is 15.2 Å². The van der Waals surface area contributed by atoms with E-state index in [-0.39, 0.29) is 0 Å². The summed E-state index contributed by atoms with van der Waals surface area (Å²) in [4.78, 5) is 4.37. The fourth-order valence-electron chi connectivity index (χ4n) is 1.95. The maximum Gasteiger partial charge on any atom is 0.142 e. The molecule has 0 bridgehead atoms. The van der Waals surface area contributed by atoms with Gasteiger partial charge in [0.05, 0.1) is 19.4 Å². The highest BCUT2D eigenvalue weighted by atomic mass is 16.5. The van der Waals surface area contributed by atoms with Crippen molar-refractivity contribution in [2.75, 3.05) is 13.7 Å². The fourth-order valence-corrected chi connectivity index (χ4v) is 1.95. The van der Waals surface area contributed by atoms with Crippen molar-refractivity contribution in [3.63, 3.8) is 0 Å². The molecule has 0 unspecified atom stereocenters. The van der Waals surface area contributed by atoms with Crippen LogP contribution < -0.4 is 15.2 Å². The SMILES string of the molecule is COc1ccc(CCOc2ccc(C)nc2CN)cc1. The van der Waals surface area contributed by atoms with Gasteiger partial charge in [-0.15, -0.1) is 0 Å². The van der Waals surface area contributed by atoms with Crippen LogP contribution in [0.2, 0.25) is 0 Å². The minimum absolute atomic E-state index is 0.388. The van der Waals surface area contributed by atoms with E-state index in [0.29, 0.717) is 13.2 Å². The van der Waals surface area contributed by atoms with Crippen LogP contribution in [-0.2, 0) is 13.0 Å². The molecule has 0 spiro atoms. The van der Waals surface area contributed by atoms with Crippen molar-refractivity contribution >= 4 is 0 Å². The van der Waals surface area contributed by atoms with Crippen LogP contribution in [0.3, 0.4) is 0 Å². The summed E-state index contributed by atoms with van der Waals surface area (Å²) < 4.78 is 10.9. The third kappa shape index (κ3) is 3.71. The van der Waals surface area contributed by atoms with Crippen LogP contribution in [0.25, 0.3) is 0 Å². The maximum atomic E-state index is 5.77. The van der Waals surface area contributed by atoms with Gasteiger partial charge in [-0.1, -0.05) is 12.1 Å². The Kier molecular flexibility index (Phi) is 4.96. The predicted molar refractivity (Wildman–Crippen MR) is 79.1 cm³/mol. The summed E-state index contributed by atoms with van der Waals surface area (Å²) in [5.74, 6) is 1.63. The smallest absolute Gasteiger partial charge is 0.142 e. The third-order valence-electron chi connectivity index (χ3n) is 3.07. The molecule has 0 saturated carbocycles. The predicted octanol–water partition coefficient (Wildman–Crippen LogP) is 2.48. The van der Waals surface area contributed by atoms with Crippen molar-refractivity contribution in [1.82, 2.24) is 4.98 Å². The number of pyridine rings is 1. The van der Waals surface area contributed by atoms with Crippen molar-refractivity contribution in [3.05, 3.63) is 53.3 Å². The minimum atomic E-state index is 0.388. The molecule has 0 fully saturated rings. The van der Waals surface area contributed by atoms with Crippen LogP contribution >= 0.6 is 0 Å². The van der Waals surface area contributed by atoms with Crippen LogP contribution in [0.15, 0.2) is 36.4 Å². The molecule has 0 radical (unpaired) electrons. The molecular weight excluding hydrogens is 252 g/mol. The molecule has 2 aromatic rings. The fraction of sp³-hybridized carbons (Fsp3) is 0.312. The molecule has 0 atom stereocenters. The second kappa shape index (κ2) is 6.91. The number of benzene rings is 1. The summed E-state index contributed by atoms with van der Waals surface area (Å²) in [5, 5.41) is 0. The lowest BCUT2D eigenvalue weighted by molar-refractivity contribution is 0.316. The van der Waals surface area contributed by atoms with Crippen molar-refractivity contribution in [2.24, 2.45) is 5.73 Å². The van der Waals surface area contributed by atoms with Crippen LogP contribution in [0.4, 0.5) is 0 Å². The van der Waals surface area contributed by atoms with Gasteiger partial charge in [-0.25, -0.2) is 0 Å². The van der Waals surface area contributed by atoms with Gasteiger partial charge in [-0.05, 0) is 36.8 Å². The summed E-state index contributed by atoms with van der Waals surface area (Å²) in [6.45, 7) is 2.93. The molecule has 0 aliphatic rings. The second-order valence-corrected chi connectivity index (χ2v) is 4.55. The van der Waals surface area contributed by atoms with E-state index in [1.807, 2.05) is 43.3 Å². The highest BCUT2D eigenvalue weighted by Crippen LogP contribution is 2.17. The van der Waals surface area contributed by atoms with E-state index in [0.717, 1.165) is 29.3 Å². The average Bonchev–Trinajstić information content (AvgIpc) is 2.49. The Morgan fingerprint density at radius 2 is 1.85 bits per heavy atom. The van der Waals surface area contributed by atoms with Gasteiger partial charge < -0.3 is 15.2 Å². The molecule has 0 saturated heterocycles. The topological polar surface area (TPSA) is 57.4 Å². The Hall–Kier alpha value is -2.07. The van der Waals surface area contributed by atoms with Gasteiger partial charge in [-0.3, -0.25) is 4.98 Å². The van der Waals surface area contributed by atoms with E-state index in [1.165, 1.54) is 5.56 Å². The van der Waals surface area contributed by atoms with E-state index >= 15 is 0 Å². The number of rotatable bonds is 6. The van der Waals surface area contributed by atoms with Crippen molar-refractivity contribution in [3.8, 4) is 11.5 Å². The zero-order valence-electron chi connectivity index (χ0n) is 11.9. The van der Waals surface area contributed by atoms with E-state index in [2.05, 4.69) is 4.98 Å². The number of aromatic nitrogens is 1. The number of hydrogen-bond acceptors (Lipinski definition) is 4. The van der Waals surface area contributed by atoms with E-state index in [1.54, 1.807) is 7.11 Å². The molecule has 106 valence electrons. The monoisotopic (exact) mass is 272 g/mol. The Morgan fingerprint density at radius 3 is 2.50 bits per heavy atom. The first-order chi connectivity index (χ1) is 9.72. The summed E-state index contributed by atoms with van der Waals surface area (Å²) in [5.41, 5.74) is 8.64.